The molecule has 1 saturated heterocycles. The molecule has 0 saturated carbocycles. The van der Waals surface area contributed by atoms with E-state index in [4.69, 9.17) is 0 Å². The summed E-state index contributed by atoms with van der Waals surface area (Å²) >= 11 is 3.69. The highest BCUT2D eigenvalue weighted by Crippen LogP contribution is 2.16. The first kappa shape index (κ1) is 12.5. The first-order valence-corrected chi connectivity index (χ1v) is 6.76. The largest absolute Gasteiger partial charge is 0.303 e. The van der Waals surface area contributed by atoms with E-state index in [2.05, 4.69) is 39.6 Å². The topological polar surface area (TPSA) is 6.48 Å². The van der Waals surface area contributed by atoms with Gasteiger partial charge in [0, 0.05) is 17.9 Å². The minimum Gasteiger partial charge on any atom is -0.303 e. The molecular formula is C11H23BrN2. The zero-order valence-corrected chi connectivity index (χ0v) is 11.1. The fraction of sp³-hybridized carbons (Fsp3) is 1.00. The van der Waals surface area contributed by atoms with Gasteiger partial charge in [-0.25, -0.2) is 0 Å². The summed E-state index contributed by atoms with van der Waals surface area (Å²) in [6, 6.07) is 0. The van der Waals surface area contributed by atoms with Gasteiger partial charge in [0.25, 0.3) is 0 Å². The highest BCUT2D eigenvalue weighted by molar-refractivity contribution is 9.09. The Bertz CT molecular complexity index is 140. The van der Waals surface area contributed by atoms with Crippen LogP contribution in [0.15, 0.2) is 0 Å². The number of rotatable bonds is 5. The summed E-state index contributed by atoms with van der Waals surface area (Å²) in [5.74, 6) is 0. The Labute approximate surface area is 96.8 Å². The van der Waals surface area contributed by atoms with Gasteiger partial charge >= 0.3 is 0 Å². The predicted molar refractivity (Wildman–Crippen MR) is 66.2 cm³/mol. The zero-order valence-electron chi connectivity index (χ0n) is 9.51. The first-order valence-electron chi connectivity index (χ1n) is 5.85. The molecule has 0 aromatic heterocycles. The van der Waals surface area contributed by atoms with Crippen LogP contribution in [-0.2, 0) is 0 Å². The molecule has 1 heterocycles. The van der Waals surface area contributed by atoms with Crippen LogP contribution < -0.4 is 0 Å². The molecule has 0 aliphatic carbocycles. The lowest BCUT2D eigenvalue weighted by Gasteiger charge is -2.31. The Morgan fingerprint density at radius 1 is 1.21 bits per heavy atom. The third-order valence-corrected chi connectivity index (χ3v) is 4.06. The minimum atomic E-state index is 0.771. The average Bonchev–Trinajstić information content (AvgIpc) is 2.22. The first-order chi connectivity index (χ1) is 6.76. The van der Waals surface area contributed by atoms with Crippen molar-refractivity contribution in [2.24, 2.45) is 0 Å². The molecule has 2 nitrogen and oxygen atoms in total. The van der Waals surface area contributed by atoms with Crippen LogP contribution in [0.5, 0.6) is 0 Å². The maximum absolute atomic E-state index is 3.69. The Kier molecular flexibility index (Phi) is 6.06. The van der Waals surface area contributed by atoms with Crippen molar-refractivity contribution in [3.63, 3.8) is 0 Å². The number of likely N-dealkylation sites (tertiary alicyclic amines) is 1. The highest BCUT2D eigenvalue weighted by atomic mass is 79.9. The molecule has 0 unspecified atom stereocenters. The molecule has 0 spiro atoms. The normalized spacial score (nSPS) is 20.6. The van der Waals surface area contributed by atoms with Gasteiger partial charge in [-0.15, -0.1) is 0 Å². The van der Waals surface area contributed by atoms with Gasteiger partial charge in [0.15, 0.2) is 0 Å². The van der Waals surface area contributed by atoms with Gasteiger partial charge in [-0.1, -0.05) is 29.8 Å². The van der Waals surface area contributed by atoms with Crippen LogP contribution in [0.2, 0.25) is 0 Å². The average molecular weight is 263 g/mol. The molecular weight excluding hydrogens is 240 g/mol. The summed E-state index contributed by atoms with van der Waals surface area (Å²) in [5.41, 5.74) is 0. The van der Waals surface area contributed by atoms with Crippen LogP contribution in [0.4, 0.5) is 0 Å². The van der Waals surface area contributed by atoms with E-state index in [9.17, 15) is 0 Å². The lowest BCUT2D eigenvalue weighted by atomic mass is 10.1. The molecule has 0 radical (unpaired) electrons. The molecule has 1 aliphatic rings. The van der Waals surface area contributed by atoms with E-state index in [1.165, 1.54) is 52.1 Å². The molecule has 0 amide bonds. The van der Waals surface area contributed by atoms with Crippen LogP contribution in [0.1, 0.15) is 26.7 Å². The van der Waals surface area contributed by atoms with Crippen molar-refractivity contribution in [3.8, 4) is 0 Å². The second-order valence-electron chi connectivity index (χ2n) is 4.04. The van der Waals surface area contributed by atoms with Crippen LogP contribution >= 0.6 is 15.9 Å². The van der Waals surface area contributed by atoms with E-state index in [-0.39, 0.29) is 0 Å². The molecule has 0 aromatic rings. The quantitative estimate of drug-likeness (QED) is 0.701. The number of alkyl halides is 1. The molecule has 0 bridgehead atoms. The van der Waals surface area contributed by atoms with E-state index < -0.39 is 0 Å². The fourth-order valence-corrected chi connectivity index (χ4v) is 2.36. The van der Waals surface area contributed by atoms with Gasteiger partial charge in [0.1, 0.15) is 0 Å². The Morgan fingerprint density at radius 3 is 2.29 bits per heavy atom. The van der Waals surface area contributed by atoms with E-state index >= 15 is 0 Å². The van der Waals surface area contributed by atoms with Gasteiger partial charge in [-0.2, -0.15) is 0 Å². The Morgan fingerprint density at radius 2 is 1.79 bits per heavy atom. The summed E-state index contributed by atoms with van der Waals surface area (Å²) in [7, 11) is 0. The number of hydrogen-bond donors (Lipinski definition) is 0. The molecule has 84 valence electrons. The van der Waals surface area contributed by atoms with Crippen molar-refractivity contribution < 1.29 is 0 Å². The van der Waals surface area contributed by atoms with E-state index in [0.29, 0.717) is 0 Å². The van der Waals surface area contributed by atoms with E-state index in [0.717, 1.165) is 4.83 Å². The van der Waals surface area contributed by atoms with Crippen molar-refractivity contribution in [1.82, 2.24) is 9.80 Å². The highest BCUT2D eigenvalue weighted by Gasteiger charge is 2.16. The molecule has 1 rings (SSSR count). The molecule has 0 N–H and O–H groups in total. The summed E-state index contributed by atoms with van der Waals surface area (Å²) in [6.07, 6.45) is 2.64. The van der Waals surface area contributed by atoms with Gasteiger partial charge in [0.05, 0.1) is 0 Å². The molecule has 14 heavy (non-hydrogen) atoms. The molecule has 0 aromatic carbocycles. The minimum absolute atomic E-state index is 0.771. The van der Waals surface area contributed by atoms with Crippen LogP contribution in [-0.4, -0.2) is 53.9 Å². The van der Waals surface area contributed by atoms with Crippen LogP contribution in [0.3, 0.4) is 0 Å². The van der Waals surface area contributed by atoms with E-state index in [1.807, 2.05) is 0 Å². The third-order valence-electron chi connectivity index (χ3n) is 3.14. The Balaban J connectivity index is 2.12. The third kappa shape index (κ3) is 4.28. The van der Waals surface area contributed by atoms with Crippen LogP contribution in [0, 0.1) is 0 Å². The van der Waals surface area contributed by atoms with Gasteiger partial charge < -0.3 is 9.80 Å². The fourth-order valence-electron chi connectivity index (χ4n) is 1.95. The lowest BCUT2D eigenvalue weighted by Crippen LogP contribution is -2.39. The predicted octanol–water partition coefficient (Wildman–Crippen LogP) is 2.19. The summed E-state index contributed by atoms with van der Waals surface area (Å²) < 4.78 is 0. The second-order valence-corrected chi connectivity index (χ2v) is 5.34. The SMILES string of the molecule is CCN(CC)CCN1CCC(Br)CC1. The van der Waals surface area contributed by atoms with Crippen molar-refractivity contribution in [2.75, 3.05) is 39.3 Å². The van der Waals surface area contributed by atoms with Crippen molar-refractivity contribution >= 4 is 15.9 Å². The van der Waals surface area contributed by atoms with Crippen LogP contribution in [0.25, 0.3) is 0 Å². The van der Waals surface area contributed by atoms with Gasteiger partial charge in [-0.05, 0) is 39.0 Å². The Hall–Kier alpha value is 0.400. The number of halogens is 1. The lowest BCUT2D eigenvalue weighted by molar-refractivity contribution is 0.192. The number of piperidine rings is 1. The van der Waals surface area contributed by atoms with Gasteiger partial charge in [0.2, 0.25) is 0 Å². The summed E-state index contributed by atoms with van der Waals surface area (Å²) in [6.45, 7) is 11.9. The van der Waals surface area contributed by atoms with Crippen molar-refractivity contribution in [2.45, 2.75) is 31.5 Å². The van der Waals surface area contributed by atoms with Crippen molar-refractivity contribution in [3.05, 3.63) is 0 Å². The molecule has 1 fully saturated rings. The molecule has 0 atom stereocenters. The van der Waals surface area contributed by atoms with Crippen molar-refractivity contribution in [1.29, 1.82) is 0 Å². The number of likely N-dealkylation sites (N-methyl/N-ethyl adjacent to an activating group) is 1. The number of nitrogens with zero attached hydrogens (tertiary/aromatic N) is 2. The summed E-state index contributed by atoms with van der Waals surface area (Å²) in [5, 5.41) is 0. The molecule has 3 heteroatoms. The smallest absolute Gasteiger partial charge is 0.0170 e. The maximum Gasteiger partial charge on any atom is 0.0170 e. The molecule has 1 aliphatic heterocycles. The maximum atomic E-state index is 3.69. The standard InChI is InChI=1S/C11H23BrN2/c1-3-13(4-2)9-10-14-7-5-11(12)6-8-14/h11H,3-10H2,1-2H3. The number of hydrogen-bond acceptors (Lipinski definition) is 2. The monoisotopic (exact) mass is 262 g/mol. The zero-order chi connectivity index (χ0) is 10.4. The van der Waals surface area contributed by atoms with Gasteiger partial charge in [-0.3, -0.25) is 0 Å². The second kappa shape index (κ2) is 6.81. The van der Waals surface area contributed by atoms with E-state index in [1.54, 1.807) is 0 Å². The summed E-state index contributed by atoms with van der Waals surface area (Å²) in [4.78, 5) is 5.86.